The van der Waals surface area contributed by atoms with Gasteiger partial charge in [-0.3, -0.25) is 8.98 Å². The SMILES string of the molecule is CCC(CC)C(N)[C@@H]1[C@H](OS(C)(=O)=O)[C@@H](C(=O)OC)C[C@H]1NC(=O)OC(C)(C)C. The Hall–Kier alpha value is -1.39. The van der Waals surface area contributed by atoms with Crippen LogP contribution in [0.25, 0.3) is 0 Å². The minimum atomic E-state index is -3.88. The molecule has 1 amide bonds. The predicted octanol–water partition coefficient (Wildman–Crippen LogP) is 1.80. The Labute approximate surface area is 174 Å². The Morgan fingerprint density at radius 2 is 1.76 bits per heavy atom. The zero-order valence-corrected chi connectivity index (χ0v) is 19.2. The lowest BCUT2D eigenvalue weighted by atomic mass is 9.81. The highest BCUT2D eigenvalue weighted by Crippen LogP contribution is 2.40. The molecular formula is C19H36N2O7S. The molecule has 0 spiro atoms. The summed E-state index contributed by atoms with van der Waals surface area (Å²) < 4.78 is 39.3. The Morgan fingerprint density at radius 1 is 1.21 bits per heavy atom. The van der Waals surface area contributed by atoms with Crippen molar-refractivity contribution in [2.24, 2.45) is 23.5 Å². The van der Waals surface area contributed by atoms with Crippen molar-refractivity contribution in [1.82, 2.24) is 5.32 Å². The van der Waals surface area contributed by atoms with Gasteiger partial charge in [0, 0.05) is 18.0 Å². The number of hydrogen-bond donors (Lipinski definition) is 2. The van der Waals surface area contributed by atoms with Crippen LogP contribution in [0.15, 0.2) is 0 Å². The van der Waals surface area contributed by atoms with E-state index in [-0.39, 0.29) is 12.3 Å². The molecule has 29 heavy (non-hydrogen) atoms. The molecule has 0 aliphatic heterocycles. The summed E-state index contributed by atoms with van der Waals surface area (Å²) in [7, 11) is -2.65. The van der Waals surface area contributed by atoms with Crippen LogP contribution in [0.3, 0.4) is 0 Å². The maximum Gasteiger partial charge on any atom is 0.407 e. The lowest BCUT2D eigenvalue weighted by molar-refractivity contribution is -0.148. The van der Waals surface area contributed by atoms with Crippen LogP contribution in [-0.4, -0.2) is 57.6 Å². The van der Waals surface area contributed by atoms with Crippen LogP contribution in [0, 0.1) is 17.8 Å². The number of ether oxygens (including phenoxy) is 2. The summed E-state index contributed by atoms with van der Waals surface area (Å²) >= 11 is 0. The predicted molar refractivity (Wildman–Crippen MR) is 109 cm³/mol. The normalized spacial score (nSPS) is 26.2. The van der Waals surface area contributed by atoms with Gasteiger partial charge in [0.1, 0.15) is 5.60 Å². The number of hydrogen-bond acceptors (Lipinski definition) is 8. The van der Waals surface area contributed by atoms with E-state index in [2.05, 4.69) is 5.32 Å². The molecule has 1 aliphatic rings. The number of carbonyl (C=O) groups excluding carboxylic acids is 2. The molecule has 9 nitrogen and oxygen atoms in total. The number of esters is 1. The van der Waals surface area contributed by atoms with Crippen LogP contribution in [-0.2, 0) is 28.6 Å². The van der Waals surface area contributed by atoms with Crippen molar-refractivity contribution in [2.75, 3.05) is 13.4 Å². The minimum Gasteiger partial charge on any atom is -0.469 e. The van der Waals surface area contributed by atoms with E-state index in [0.717, 1.165) is 19.1 Å². The van der Waals surface area contributed by atoms with Crippen molar-refractivity contribution in [1.29, 1.82) is 0 Å². The molecule has 3 N–H and O–H groups in total. The lowest BCUT2D eigenvalue weighted by Gasteiger charge is -2.35. The quantitative estimate of drug-likeness (QED) is 0.434. The van der Waals surface area contributed by atoms with E-state index in [4.69, 9.17) is 19.4 Å². The molecule has 0 heterocycles. The van der Waals surface area contributed by atoms with E-state index < -0.39 is 57.8 Å². The summed E-state index contributed by atoms with van der Waals surface area (Å²) in [6.07, 6.45) is 0.907. The molecule has 0 aromatic carbocycles. The van der Waals surface area contributed by atoms with Gasteiger partial charge in [-0.2, -0.15) is 8.42 Å². The molecule has 1 rings (SSSR count). The van der Waals surface area contributed by atoms with Crippen molar-refractivity contribution in [3.63, 3.8) is 0 Å². The Balaban J connectivity index is 3.31. The summed E-state index contributed by atoms with van der Waals surface area (Å²) in [4.78, 5) is 24.7. The second-order valence-corrected chi connectivity index (χ2v) is 10.2. The topological polar surface area (TPSA) is 134 Å². The summed E-state index contributed by atoms with van der Waals surface area (Å²) in [5.41, 5.74) is 5.82. The van der Waals surface area contributed by atoms with E-state index >= 15 is 0 Å². The average Bonchev–Trinajstić information content (AvgIpc) is 2.89. The summed E-state index contributed by atoms with van der Waals surface area (Å²) in [6, 6.07) is -1.09. The number of amides is 1. The zero-order valence-electron chi connectivity index (χ0n) is 18.4. The second kappa shape index (κ2) is 10.1. The summed E-state index contributed by atoms with van der Waals surface area (Å²) in [5, 5.41) is 2.77. The number of methoxy groups -OCH3 is 1. The third-order valence-corrected chi connectivity index (χ3v) is 5.85. The first kappa shape index (κ1) is 25.6. The van der Waals surface area contributed by atoms with Crippen LogP contribution in [0.1, 0.15) is 53.9 Å². The fourth-order valence-electron chi connectivity index (χ4n) is 4.03. The van der Waals surface area contributed by atoms with Gasteiger partial charge in [-0.05, 0) is 33.1 Å². The molecule has 0 aromatic heterocycles. The Bertz CT molecular complexity index is 671. The third kappa shape index (κ3) is 7.42. The molecule has 0 saturated heterocycles. The van der Waals surface area contributed by atoms with Gasteiger partial charge < -0.3 is 20.5 Å². The van der Waals surface area contributed by atoms with Crippen LogP contribution in [0.4, 0.5) is 4.79 Å². The fourth-order valence-corrected chi connectivity index (χ4v) is 4.69. The maximum absolute atomic E-state index is 12.4. The molecule has 170 valence electrons. The molecule has 5 atom stereocenters. The molecule has 10 heteroatoms. The van der Waals surface area contributed by atoms with E-state index in [1.165, 1.54) is 7.11 Å². The standard InChI is InChI=1S/C19H36N2O7S/c1-8-11(9-2)15(20)14-13(21-18(23)27-19(3,4)5)10-12(17(22)26-6)16(14)28-29(7,24)25/h11-16H,8-10,20H2,1-7H3,(H,21,23)/t12-,13+,14+,15?,16+/m0/s1. The maximum atomic E-state index is 12.4. The lowest BCUT2D eigenvalue weighted by Crippen LogP contribution is -2.52. The highest BCUT2D eigenvalue weighted by atomic mass is 32.2. The van der Waals surface area contributed by atoms with Crippen molar-refractivity contribution in [3.05, 3.63) is 0 Å². The van der Waals surface area contributed by atoms with Crippen molar-refractivity contribution in [3.8, 4) is 0 Å². The third-order valence-electron chi connectivity index (χ3n) is 5.28. The zero-order chi connectivity index (χ0) is 22.6. The van der Waals surface area contributed by atoms with Gasteiger partial charge in [-0.15, -0.1) is 0 Å². The highest BCUT2D eigenvalue weighted by Gasteiger charge is 2.53. The first-order valence-electron chi connectivity index (χ1n) is 9.95. The molecular weight excluding hydrogens is 400 g/mol. The van der Waals surface area contributed by atoms with E-state index in [0.29, 0.717) is 0 Å². The van der Waals surface area contributed by atoms with Crippen LogP contribution < -0.4 is 11.1 Å². The van der Waals surface area contributed by atoms with Crippen LogP contribution >= 0.6 is 0 Å². The Morgan fingerprint density at radius 3 is 2.17 bits per heavy atom. The molecule has 1 unspecified atom stereocenters. The molecule has 0 aromatic rings. The minimum absolute atomic E-state index is 0.0602. The largest absolute Gasteiger partial charge is 0.469 e. The van der Waals surface area contributed by atoms with Gasteiger partial charge in [0.25, 0.3) is 10.1 Å². The first-order chi connectivity index (χ1) is 13.2. The van der Waals surface area contributed by atoms with Crippen molar-refractivity contribution >= 4 is 22.2 Å². The molecule has 1 aliphatic carbocycles. The monoisotopic (exact) mass is 436 g/mol. The van der Waals surface area contributed by atoms with Gasteiger partial charge in [-0.25, -0.2) is 4.79 Å². The number of carbonyl (C=O) groups is 2. The number of alkyl carbamates (subject to hydrolysis) is 1. The van der Waals surface area contributed by atoms with Gasteiger partial charge in [-0.1, -0.05) is 26.7 Å². The number of rotatable bonds is 8. The number of nitrogens with one attached hydrogen (secondary N) is 1. The van der Waals surface area contributed by atoms with Crippen molar-refractivity contribution < 1.29 is 31.7 Å². The van der Waals surface area contributed by atoms with E-state index in [1.54, 1.807) is 20.8 Å². The summed E-state index contributed by atoms with van der Waals surface area (Å²) in [5.74, 6) is -2.02. The number of nitrogens with two attached hydrogens (primary N) is 1. The average molecular weight is 437 g/mol. The van der Waals surface area contributed by atoms with E-state index in [1.807, 2.05) is 13.8 Å². The highest BCUT2D eigenvalue weighted by molar-refractivity contribution is 7.86. The smallest absolute Gasteiger partial charge is 0.407 e. The Kier molecular flexibility index (Phi) is 8.91. The molecule has 0 radical (unpaired) electrons. The van der Waals surface area contributed by atoms with Crippen LogP contribution in [0.5, 0.6) is 0 Å². The fraction of sp³-hybridized carbons (Fsp3) is 0.895. The van der Waals surface area contributed by atoms with Gasteiger partial charge in [0.2, 0.25) is 0 Å². The summed E-state index contributed by atoms with van der Waals surface area (Å²) in [6.45, 7) is 9.19. The first-order valence-corrected chi connectivity index (χ1v) is 11.8. The molecule has 1 fully saturated rings. The van der Waals surface area contributed by atoms with Crippen molar-refractivity contribution in [2.45, 2.75) is 77.7 Å². The van der Waals surface area contributed by atoms with E-state index in [9.17, 15) is 18.0 Å². The molecule has 1 saturated carbocycles. The van der Waals surface area contributed by atoms with Gasteiger partial charge >= 0.3 is 12.1 Å². The van der Waals surface area contributed by atoms with Gasteiger partial charge in [0.05, 0.1) is 25.4 Å². The van der Waals surface area contributed by atoms with Crippen LogP contribution in [0.2, 0.25) is 0 Å². The molecule has 0 bridgehead atoms. The second-order valence-electron chi connectivity index (χ2n) is 8.61. The van der Waals surface area contributed by atoms with Gasteiger partial charge in [0.15, 0.2) is 0 Å².